The van der Waals surface area contributed by atoms with Gasteiger partial charge in [0.15, 0.2) is 17.8 Å². The number of benzene rings is 1. The number of hydrogen-bond donors (Lipinski definition) is 0. The van der Waals surface area contributed by atoms with E-state index in [4.69, 9.17) is 14.2 Å². The van der Waals surface area contributed by atoms with Gasteiger partial charge in [-0.1, -0.05) is 46.6 Å². The fourth-order valence-corrected chi connectivity index (χ4v) is 2.15. The SMILES string of the molecule is C=CCCCOc1c(C=O)ccc(OC[C@@H](C)CC)c1OC[C@@H](C)CC. The van der Waals surface area contributed by atoms with Gasteiger partial charge in [-0.15, -0.1) is 6.58 Å². The Bertz CT molecular complexity index is 553. The Morgan fingerprint density at radius 2 is 1.65 bits per heavy atom. The van der Waals surface area contributed by atoms with E-state index in [0.717, 1.165) is 32.0 Å². The molecule has 0 aliphatic carbocycles. The molecule has 26 heavy (non-hydrogen) atoms. The normalized spacial score (nSPS) is 12.9. The number of carbonyl (C=O) groups excluding carboxylic acids is 1. The Morgan fingerprint density at radius 3 is 2.23 bits per heavy atom. The molecule has 0 aliphatic heterocycles. The highest BCUT2D eigenvalue weighted by Crippen LogP contribution is 2.40. The van der Waals surface area contributed by atoms with Crippen LogP contribution in [0.25, 0.3) is 0 Å². The summed E-state index contributed by atoms with van der Waals surface area (Å²) in [6.07, 6.45) is 6.42. The van der Waals surface area contributed by atoms with Crippen molar-refractivity contribution in [2.24, 2.45) is 11.8 Å². The van der Waals surface area contributed by atoms with Crippen LogP contribution in [-0.4, -0.2) is 26.1 Å². The maximum absolute atomic E-state index is 11.5. The van der Waals surface area contributed by atoms with E-state index >= 15 is 0 Å². The molecular formula is C22H34O4. The molecule has 1 rings (SSSR count). The van der Waals surface area contributed by atoms with Crippen molar-refractivity contribution in [3.05, 3.63) is 30.4 Å². The van der Waals surface area contributed by atoms with Gasteiger partial charge >= 0.3 is 0 Å². The highest BCUT2D eigenvalue weighted by molar-refractivity contribution is 5.82. The maximum Gasteiger partial charge on any atom is 0.204 e. The van der Waals surface area contributed by atoms with E-state index in [-0.39, 0.29) is 0 Å². The lowest BCUT2D eigenvalue weighted by molar-refractivity contribution is 0.111. The number of allylic oxidation sites excluding steroid dienone is 1. The minimum absolute atomic E-state index is 0.408. The van der Waals surface area contributed by atoms with Crippen LogP contribution in [0.2, 0.25) is 0 Å². The predicted octanol–water partition coefficient (Wildman–Crippen LogP) is 5.69. The smallest absolute Gasteiger partial charge is 0.204 e. The zero-order valence-electron chi connectivity index (χ0n) is 16.8. The molecule has 0 heterocycles. The van der Waals surface area contributed by atoms with Crippen LogP contribution in [-0.2, 0) is 0 Å². The molecule has 0 bridgehead atoms. The summed E-state index contributed by atoms with van der Waals surface area (Å²) < 4.78 is 18.0. The number of ether oxygens (including phenoxy) is 3. The number of aldehydes is 1. The quantitative estimate of drug-likeness (QED) is 0.242. The summed E-state index contributed by atoms with van der Waals surface area (Å²) >= 11 is 0. The highest BCUT2D eigenvalue weighted by Gasteiger charge is 2.19. The van der Waals surface area contributed by atoms with E-state index in [1.54, 1.807) is 12.1 Å². The molecule has 0 saturated heterocycles. The lowest BCUT2D eigenvalue weighted by Crippen LogP contribution is -2.13. The molecule has 0 fully saturated rings. The molecule has 146 valence electrons. The van der Waals surface area contributed by atoms with Gasteiger partial charge in [-0.2, -0.15) is 0 Å². The predicted molar refractivity (Wildman–Crippen MR) is 107 cm³/mol. The van der Waals surface area contributed by atoms with Crippen LogP contribution in [0.5, 0.6) is 17.2 Å². The Hall–Kier alpha value is -1.97. The second kappa shape index (κ2) is 12.4. The standard InChI is InChI=1S/C22H34O4/c1-6-9-10-13-24-21-19(14-23)11-12-20(25-15-17(4)7-2)22(21)26-16-18(5)8-3/h6,11-12,14,17-18H,1,7-10,13,15-16H2,2-5H3/t17-,18-/m0/s1. The first-order valence-electron chi connectivity index (χ1n) is 9.68. The van der Waals surface area contributed by atoms with E-state index < -0.39 is 0 Å². The van der Waals surface area contributed by atoms with Gasteiger partial charge in [0.1, 0.15) is 0 Å². The maximum atomic E-state index is 11.5. The van der Waals surface area contributed by atoms with Gasteiger partial charge in [0.2, 0.25) is 5.75 Å². The average Bonchev–Trinajstić information content (AvgIpc) is 2.67. The zero-order chi connectivity index (χ0) is 19.4. The number of rotatable bonds is 14. The van der Waals surface area contributed by atoms with Crippen LogP contribution in [0, 0.1) is 11.8 Å². The summed E-state index contributed by atoms with van der Waals surface area (Å²) in [4.78, 5) is 11.5. The highest BCUT2D eigenvalue weighted by atomic mass is 16.5. The van der Waals surface area contributed by atoms with Crippen molar-refractivity contribution in [1.29, 1.82) is 0 Å². The van der Waals surface area contributed by atoms with E-state index in [0.29, 0.717) is 54.5 Å². The van der Waals surface area contributed by atoms with Crippen LogP contribution in [0.1, 0.15) is 63.7 Å². The third kappa shape index (κ3) is 7.11. The van der Waals surface area contributed by atoms with Crippen molar-refractivity contribution in [3.63, 3.8) is 0 Å². The van der Waals surface area contributed by atoms with Gasteiger partial charge in [-0.25, -0.2) is 0 Å². The minimum Gasteiger partial charge on any atom is -0.489 e. The first-order chi connectivity index (χ1) is 12.6. The molecular weight excluding hydrogens is 328 g/mol. The Morgan fingerprint density at radius 1 is 1.00 bits per heavy atom. The summed E-state index contributed by atoms with van der Waals surface area (Å²) in [7, 11) is 0. The first-order valence-corrected chi connectivity index (χ1v) is 9.68. The Balaban J connectivity index is 3.08. The van der Waals surface area contributed by atoms with Crippen molar-refractivity contribution >= 4 is 6.29 Å². The molecule has 0 radical (unpaired) electrons. The third-order valence-corrected chi connectivity index (χ3v) is 4.46. The second-order valence-corrected chi connectivity index (χ2v) is 6.86. The van der Waals surface area contributed by atoms with Crippen LogP contribution >= 0.6 is 0 Å². The minimum atomic E-state index is 0.408. The molecule has 0 spiro atoms. The lowest BCUT2D eigenvalue weighted by Gasteiger charge is -2.20. The van der Waals surface area contributed by atoms with Crippen LogP contribution in [0.3, 0.4) is 0 Å². The van der Waals surface area contributed by atoms with Crippen LogP contribution in [0.15, 0.2) is 24.8 Å². The summed E-state index contributed by atoms with van der Waals surface area (Å²) in [5.41, 5.74) is 0.485. The Labute approximate surface area is 158 Å². The van der Waals surface area contributed by atoms with Gasteiger partial charge < -0.3 is 14.2 Å². The molecule has 4 heteroatoms. The molecule has 2 atom stereocenters. The molecule has 0 unspecified atom stereocenters. The molecule has 0 aliphatic rings. The van der Waals surface area contributed by atoms with Gasteiger partial charge in [0.05, 0.1) is 25.4 Å². The fraction of sp³-hybridized carbons (Fsp3) is 0.591. The van der Waals surface area contributed by atoms with Crippen molar-refractivity contribution in [2.75, 3.05) is 19.8 Å². The lowest BCUT2D eigenvalue weighted by atomic mass is 10.1. The van der Waals surface area contributed by atoms with Crippen molar-refractivity contribution < 1.29 is 19.0 Å². The molecule has 0 amide bonds. The molecule has 0 aromatic heterocycles. The largest absolute Gasteiger partial charge is 0.489 e. The van der Waals surface area contributed by atoms with Crippen LogP contribution in [0.4, 0.5) is 0 Å². The van der Waals surface area contributed by atoms with Gasteiger partial charge in [-0.05, 0) is 36.8 Å². The summed E-state index contributed by atoms with van der Waals surface area (Å²) in [5, 5.41) is 0. The Kier molecular flexibility index (Phi) is 10.5. The van der Waals surface area contributed by atoms with E-state index in [2.05, 4.69) is 34.3 Å². The second-order valence-electron chi connectivity index (χ2n) is 6.86. The van der Waals surface area contributed by atoms with Crippen LogP contribution < -0.4 is 14.2 Å². The first kappa shape index (κ1) is 22.1. The van der Waals surface area contributed by atoms with E-state index in [1.165, 1.54) is 0 Å². The molecule has 4 nitrogen and oxygen atoms in total. The molecule has 0 saturated carbocycles. The monoisotopic (exact) mass is 362 g/mol. The van der Waals surface area contributed by atoms with Gasteiger partial charge in [-0.3, -0.25) is 4.79 Å². The van der Waals surface area contributed by atoms with Crippen molar-refractivity contribution in [3.8, 4) is 17.2 Å². The number of unbranched alkanes of at least 4 members (excludes halogenated alkanes) is 1. The molecule has 1 aromatic carbocycles. The number of carbonyl (C=O) groups is 1. The van der Waals surface area contributed by atoms with E-state index in [1.807, 2.05) is 6.08 Å². The van der Waals surface area contributed by atoms with E-state index in [9.17, 15) is 4.79 Å². The molecule has 0 N–H and O–H groups in total. The topological polar surface area (TPSA) is 44.8 Å². The third-order valence-electron chi connectivity index (χ3n) is 4.46. The average molecular weight is 363 g/mol. The van der Waals surface area contributed by atoms with Gasteiger partial charge in [0.25, 0.3) is 0 Å². The molecule has 1 aromatic rings. The summed E-state index contributed by atoms with van der Waals surface area (Å²) in [5.74, 6) is 2.51. The van der Waals surface area contributed by atoms with Crippen molar-refractivity contribution in [2.45, 2.75) is 53.4 Å². The number of hydrogen-bond acceptors (Lipinski definition) is 4. The van der Waals surface area contributed by atoms with Gasteiger partial charge in [0, 0.05) is 0 Å². The fourth-order valence-electron chi connectivity index (χ4n) is 2.15. The van der Waals surface area contributed by atoms with Crippen molar-refractivity contribution in [1.82, 2.24) is 0 Å². The summed E-state index contributed by atoms with van der Waals surface area (Å²) in [6.45, 7) is 13.9. The summed E-state index contributed by atoms with van der Waals surface area (Å²) in [6, 6.07) is 3.53. The zero-order valence-corrected chi connectivity index (χ0v) is 16.8.